The summed E-state index contributed by atoms with van der Waals surface area (Å²) in [6, 6.07) is 14.5. The van der Waals surface area contributed by atoms with E-state index in [0.717, 1.165) is 17.2 Å². The molecule has 8 heteroatoms. The summed E-state index contributed by atoms with van der Waals surface area (Å²) in [5, 5.41) is 30.3. The Balaban J connectivity index is 2.01. The number of ether oxygens (including phenoxy) is 1. The van der Waals surface area contributed by atoms with Crippen molar-refractivity contribution in [3.63, 3.8) is 0 Å². The van der Waals surface area contributed by atoms with Crippen molar-refractivity contribution in [1.29, 1.82) is 15.8 Å². The van der Waals surface area contributed by atoms with Crippen LogP contribution in [0.2, 0.25) is 5.02 Å². The lowest BCUT2D eigenvalue weighted by Gasteiger charge is -2.15. The van der Waals surface area contributed by atoms with Gasteiger partial charge in [-0.3, -0.25) is 0 Å². The molecule has 0 unspecified atom stereocenters. The molecule has 0 aliphatic rings. The molecule has 6 nitrogen and oxygen atoms in total. The van der Waals surface area contributed by atoms with Crippen LogP contribution in [0.25, 0.3) is 0 Å². The Kier molecular flexibility index (Phi) is 5.83. The van der Waals surface area contributed by atoms with Gasteiger partial charge in [-0.05, 0) is 61.4 Å². The van der Waals surface area contributed by atoms with Gasteiger partial charge in [-0.15, -0.1) is 0 Å². The van der Waals surface area contributed by atoms with Crippen LogP contribution < -0.4 is 10.1 Å². The number of hydrogen-bond acceptors (Lipinski definition) is 6. The van der Waals surface area contributed by atoms with Crippen molar-refractivity contribution in [2.75, 3.05) is 5.32 Å². The lowest BCUT2D eigenvalue weighted by atomic mass is 10.1. The largest absolute Gasteiger partial charge is 0.437 e. The SMILES string of the molecule is Cc1cc(C#N)cc(C)c1Oc1nc(Nc2ccc(C#N)c(F)c2)c(C#N)cc1Cl. The van der Waals surface area contributed by atoms with Crippen LogP contribution in [0.3, 0.4) is 0 Å². The summed E-state index contributed by atoms with van der Waals surface area (Å²) in [7, 11) is 0. The zero-order valence-electron chi connectivity index (χ0n) is 15.9. The molecule has 2 aromatic carbocycles. The van der Waals surface area contributed by atoms with Gasteiger partial charge in [-0.2, -0.15) is 20.8 Å². The smallest absolute Gasteiger partial charge is 0.240 e. The maximum Gasteiger partial charge on any atom is 0.240 e. The summed E-state index contributed by atoms with van der Waals surface area (Å²) in [6.45, 7) is 3.58. The van der Waals surface area contributed by atoms with Gasteiger partial charge in [0.1, 0.15) is 28.7 Å². The van der Waals surface area contributed by atoms with Crippen LogP contribution in [0.15, 0.2) is 36.4 Å². The number of aryl methyl sites for hydroxylation is 2. The van der Waals surface area contributed by atoms with E-state index in [0.29, 0.717) is 17.0 Å². The number of aromatic nitrogens is 1. The lowest BCUT2D eigenvalue weighted by molar-refractivity contribution is 0.457. The van der Waals surface area contributed by atoms with E-state index in [1.807, 2.05) is 6.07 Å². The second kappa shape index (κ2) is 8.49. The molecule has 0 aliphatic heterocycles. The minimum absolute atomic E-state index is 0.0446. The van der Waals surface area contributed by atoms with Gasteiger partial charge >= 0.3 is 0 Å². The number of nitrogens with one attached hydrogen (secondary N) is 1. The van der Waals surface area contributed by atoms with E-state index in [2.05, 4.69) is 16.4 Å². The molecular formula is C22H13ClFN5O. The fourth-order valence-corrected chi connectivity index (χ4v) is 3.01. The molecule has 0 amide bonds. The van der Waals surface area contributed by atoms with Crippen LogP contribution in [0.4, 0.5) is 15.9 Å². The van der Waals surface area contributed by atoms with Crippen molar-refractivity contribution in [3.05, 3.63) is 75.1 Å². The number of rotatable bonds is 4. The normalized spacial score (nSPS) is 9.90. The third-order valence-electron chi connectivity index (χ3n) is 4.20. The third kappa shape index (κ3) is 4.15. The van der Waals surface area contributed by atoms with Crippen LogP contribution in [0, 0.1) is 53.7 Å². The molecule has 0 atom stereocenters. The highest BCUT2D eigenvalue weighted by Crippen LogP contribution is 2.35. The summed E-state index contributed by atoms with van der Waals surface area (Å²) < 4.78 is 19.8. The molecule has 0 saturated carbocycles. The quantitative estimate of drug-likeness (QED) is 0.588. The van der Waals surface area contributed by atoms with Gasteiger partial charge in [-0.25, -0.2) is 4.39 Å². The van der Waals surface area contributed by atoms with Crippen LogP contribution in [0.5, 0.6) is 11.6 Å². The molecule has 3 aromatic rings. The summed E-state index contributed by atoms with van der Waals surface area (Å²) in [6.07, 6.45) is 0. The van der Waals surface area contributed by atoms with Crippen LogP contribution in [-0.4, -0.2) is 4.98 Å². The van der Waals surface area contributed by atoms with Gasteiger partial charge < -0.3 is 10.1 Å². The number of anilines is 2. The standard InChI is InChI=1S/C22H13ClFN5O/c1-12-5-14(9-25)6-13(2)20(12)30-22-18(23)7-16(11-27)21(29-22)28-17-4-3-15(10-26)19(24)8-17/h3-8H,1-2H3,(H,28,29). The number of benzene rings is 2. The first-order valence-electron chi connectivity index (χ1n) is 8.62. The Labute approximate surface area is 177 Å². The van der Waals surface area contributed by atoms with E-state index in [1.165, 1.54) is 18.2 Å². The molecular weight excluding hydrogens is 405 g/mol. The minimum atomic E-state index is -0.699. The van der Waals surface area contributed by atoms with E-state index in [1.54, 1.807) is 32.0 Å². The van der Waals surface area contributed by atoms with Crippen LogP contribution in [0.1, 0.15) is 27.8 Å². The van der Waals surface area contributed by atoms with Gasteiger partial charge in [0.25, 0.3) is 0 Å². The van der Waals surface area contributed by atoms with Crippen LogP contribution >= 0.6 is 11.6 Å². The van der Waals surface area contributed by atoms with E-state index in [4.69, 9.17) is 26.9 Å². The molecule has 0 saturated heterocycles. The fourth-order valence-electron chi connectivity index (χ4n) is 2.82. The maximum absolute atomic E-state index is 13.9. The van der Waals surface area contributed by atoms with Crippen molar-refractivity contribution in [1.82, 2.24) is 4.98 Å². The summed E-state index contributed by atoms with van der Waals surface area (Å²) in [4.78, 5) is 4.29. The van der Waals surface area contributed by atoms with Gasteiger partial charge in [0.2, 0.25) is 5.88 Å². The average molecular weight is 418 g/mol. The lowest BCUT2D eigenvalue weighted by Crippen LogP contribution is -2.02. The first kappa shape index (κ1) is 20.6. The summed E-state index contributed by atoms with van der Waals surface area (Å²) in [5.41, 5.74) is 2.28. The monoisotopic (exact) mass is 417 g/mol. The number of halogens is 2. The molecule has 0 fully saturated rings. The van der Waals surface area contributed by atoms with Crippen molar-refractivity contribution in [2.45, 2.75) is 13.8 Å². The highest BCUT2D eigenvalue weighted by atomic mass is 35.5. The van der Waals surface area contributed by atoms with Crippen LogP contribution in [-0.2, 0) is 0 Å². The van der Waals surface area contributed by atoms with E-state index >= 15 is 0 Å². The minimum Gasteiger partial charge on any atom is -0.437 e. The van der Waals surface area contributed by atoms with Crippen molar-refractivity contribution in [2.24, 2.45) is 0 Å². The molecule has 0 spiro atoms. The molecule has 1 aromatic heterocycles. The van der Waals surface area contributed by atoms with Gasteiger partial charge in [0.05, 0.1) is 22.8 Å². The Morgan fingerprint density at radius 2 is 1.63 bits per heavy atom. The number of nitriles is 3. The predicted octanol–water partition coefficient (Wildman–Crippen LogP) is 5.64. The summed E-state index contributed by atoms with van der Waals surface area (Å²) >= 11 is 6.25. The average Bonchev–Trinajstić information content (AvgIpc) is 2.72. The molecule has 30 heavy (non-hydrogen) atoms. The highest BCUT2D eigenvalue weighted by Gasteiger charge is 2.16. The van der Waals surface area contributed by atoms with E-state index in [-0.39, 0.29) is 27.8 Å². The van der Waals surface area contributed by atoms with E-state index in [9.17, 15) is 9.65 Å². The fraction of sp³-hybridized carbons (Fsp3) is 0.0909. The molecule has 0 aliphatic carbocycles. The second-order valence-corrected chi connectivity index (χ2v) is 6.77. The Hall–Kier alpha value is -4.12. The Morgan fingerprint density at radius 1 is 0.967 bits per heavy atom. The predicted molar refractivity (Wildman–Crippen MR) is 109 cm³/mol. The van der Waals surface area contributed by atoms with Gasteiger partial charge in [0.15, 0.2) is 5.82 Å². The van der Waals surface area contributed by atoms with Gasteiger partial charge in [0, 0.05) is 5.69 Å². The van der Waals surface area contributed by atoms with Crippen molar-refractivity contribution in [3.8, 4) is 29.8 Å². The third-order valence-corrected chi connectivity index (χ3v) is 4.48. The van der Waals surface area contributed by atoms with E-state index < -0.39 is 5.82 Å². The van der Waals surface area contributed by atoms with Crippen molar-refractivity contribution >= 4 is 23.1 Å². The number of pyridine rings is 1. The topological polar surface area (TPSA) is 106 Å². The highest BCUT2D eigenvalue weighted by molar-refractivity contribution is 6.32. The Morgan fingerprint density at radius 3 is 2.20 bits per heavy atom. The number of nitrogens with zero attached hydrogens (tertiary/aromatic N) is 4. The number of hydrogen-bond donors (Lipinski definition) is 1. The molecule has 146 valence electrons. The van der Waals surface area contributed by atoms with Gasteiger partial charge in [-0.1, -0.05) is 11.6 Å². The zero-order valence-corrected chi connectivity index (χ0v) is 16.7. The molecule has 0 radical (unpaired) electrons. The molecule has 1 heterocycles. The second-order valence-electron chi connectivity index (χ2n) is 6.37. The van der Waals surface area contributed by atoms with Crippen molar-refractivity contribution < 1.29 is 9.13 Å². The first-order valence-corrected chi connectivity index (χ1v) is 9.00. The zero-order chi connectivity index (χ0) is 21.8. The molecule has 3 rings (SSSR count). The Bertz CT molecular complexity index is 1260. The molecule has 1 N–H and O–H groups in total. The maximum atomic E-state index is 13.9. The first-order chi connectivity index (χ1) is 14.4. The molecule has 0 bridgehead atoms. The summed E-state index contributed by atoms with van der Waals surface area (Å²) in [5.74, 6) is -0.0492.